The van der Waals surface area contributed by atoms with Gasteiger partial charge in [-0.1, -0.05) is 121 Å². The van der Waals surface area contributed by atoms with Crippen molar-refractivity contribution in [1.82, 2.24) is 4.98 Å². The lowest BCUT2D eigenvalue weighted by atomic mass is 9.98. The normalized spacial score (nSPS) is 11.8. The quantitative estimate of drug-likeness (QED) is 0.176. The topological polar surface area (TPSA) is 16.1 Å². The van der Waals surface area contributed by atoms with Crippen LogP contribution in [0.2, 0.25) is 0 Å². The van der Waals surface area contributed by atoms with Crippen LogP contribution in [0.4, 0.5) is 17.1 Å². The number of hydrogen-bond acceptors (Lipinski definition) is 5. The van der Waals surface area contributed by atoms with Gasteiger partial charge < -0.3 is 4.90 Å². The van der Waals surface area contributed by atoms with Crippen LogP contribution < -0.4 is 4.90 Å². The molecule has 0 amide bonds. The Kier molecular flexibility index (Phi) is 6.80. The van der Waals surface area contributed by atoms with Crippen LogP contribution in [0.1, 0.15) is 0 Å². The van der Waals surface area contributed by atoms with Crippen molar-refractivity contribution < 1.29 is 0 Å². The van der Waals surface area contributed by atoms with E-state index in [1.807, 2.05) is 22.7 Å². The standard InChI is InChI=1S/C47H28N2S3/c1-2-11-31(12-3-1)47-48-45-42(52-47)27-26-41-44(45)38-25-24-33(28-43(38)50-41)49(39-18-9-17-37-36-15-6-7-19-40(36)51-46(37)39)32-22-20-30(21-23-32)35-16-8-13-29-10-4-5-14-34(29)35/h1-28H. The first-order valence-corrected chi connectivity index (χ1v) is 19.8. The molecule has 3 aromatic heterocycles. The molecule has 0 aliphatic carbocycles. The van der Waals surface area contributed by atoms with E-state index in [1.54, 1.807) is 11.3 Å². The van der Waals surface area contributed by atoms with Gasteiger partial charge in [-0.05, 0) is 70.4 Å². The minimum Gasteiger partial charge on any atom is -0.309 e. The molecule has 0 atom stereocenters. The number of anilines is 3. The molecule has 8 aromatic carbocycles. The van der Waals surface area contributed by atoms with Crippen molar-refractivity contribution in [1.29, 1.82) is 0 Å². The zero-order chi connectivity index (χ0) is 34.2. The minimum atomic E-state index is 1.06. The molecule has 0 spiro atoms. The predicted octanol–water partition coefficient (Wildman–Crippen LogP) is 15.0. The van der Waals surface area contributed by atoms with Gasteiger partial charge in [0.25, 0.3) is 0 Å². The molecule has 244 valence electrons. The average Bonchev–Trinajstić information content (AvgIpc) is 3.92. The van der Waals surface area contributed by atoms with Crippen molar-refractivity contribution in [3.8, 4) is 21.7 Å². The lowest BCUT2D eigenvalue weighted by Gasteiger charge is -2.26. The van der Waals surface area contributed by atoms with Gasteiger partial charge in [0.05, 0.1) is 20.6 Å². The number of nitrogens with zero attached hydrogens (tertiary/aromatic N) is 2. The lowest BCUT2D eigenvalue weighted by Crippen LogP contribution is -2.10. The van der Waals surface area contributed by atoms with Crippen molar-refractivity contribution in [3.05, 3.63) is 170 Å². The molecular formula is C47H28N2S3. The van der Waals surface area contributed by atoms with Gasteiger partial charge in [0.2, 0.25) is 0 Å². The predicted molar refractivity (Wildman–Crippen MR) is 228 cm³/mol. The van der Waals surface area contributed by atoms with Crippen LogP contribution in [-0.2, 0) is 0 Å². The van der Waals surface area contributed by atoms with E-state index in [-0.39, 0.29) is 0 Å². The molecule has 5 heteroatoms. The van der Waals surface area contributed by atoms with Crippen molar-refractivity contribution >= 4 is 112 Å². The zero-order valence-electron chi connectivity index (χ0n) is 27.8. The van der Waals surface area contributed by atoms with Gasteiger partial charge in [0.1, 0.15) is 5.01 Å². The Bertz CT molecular complexity index is 3130. The van der Waals surface area contributed by atoms with Crippen molar-refractivity contribution in [2.45, 2.75) is 0 Å². The molecule has 0 radical (unpaired) electrons. The zero-order valence-corrected chi connectivity index (χ0v) is 30.2. The second-order valence-electron chi connectivity index (χ2n) is 13.1. The summed E-state index contributed by atoms with van der Waals surface area (Å²) in [5.74, 6) is 0. The molecule has 0 saturated carbocycles. The van der Waals surface area contributed by atoms with Crippen molar-refractivity contribution in [2.75, 3.05) is 4.90 Å². The largest absolute Gasteiger partial charge is 0.309 e. The molecule has 0 saturated heterocycles. The number of hydrogen-bond donors (Lipinski definition) is 0. The van der Waals surface area contributed by atoms with Gasteiger partial charge >= 0.3 is 0 Å². The third kappa shape index (κ3) is 4.71. The van der Waals surface area contributed by atoms with E-state index in [2.05, 4.69) is 175 Å². The number of benzene rings is 8. The van der Waals surface area contributed by atoms with Crippen LogP contribution >= 0.6 is 34.0 Å². The average molecular weight is 717 g/mol. The lowest BCUT2D eigenvalue weighted by molar-refractivity contribution is 1.31. The fraction of sp³-hybridized carbons (Fsp3) is 0. The third-order valence-corrected chi connectivity index (χ3v) is 13.5. The van der Waals surface area contributed by atoms with Crippen LogP contribution in [0.3, 0.4) is 0 Å². The Morgan fingerprint density at radius 2 is 1.15 bits per heavy atom. The molecule has 11 rings (SSSR count). The summed E-state index contributed by atoms with van der Waals surface area (Å²) in [6, 6.07) is 61.8. The number of fused-ring (bicyclic) bond motifs is 9. The molecule has 52 heavy (non-hydrogen) atoms. The molecule has 2 nitrogen and oxygen atoms in total. The van der Waals surface area contributed by atoms with Crippen molar-refractivity contribution in [3.63, 3.8) is 0 Å². The van der Waals surface area contributed by atoms with Crippen molar-refractivity contribution in [2.24, 2.45) is 0 Å². The van der Waals surface area contributed by atoms with Crippen LogP contribution in [0.5, 0.6) is 0 Å². The minimum absolute atomic E-state index is 1.06. The van der Waals surface area contributed by atoms with Crippen LogP contribution in [0.15, 0.2) is 170 Å². The van der Waals surface area contributed by atoms with Gasteiger partial charge in [0.15, 0.2) is 0 Å². The summed E-state index contributed by atoms with van der Waals surface area (Å²) in [4.78, 5) is 7.65. The number of rotatable bonds is 5. The first-order valence-electron chi connectivity index (χ1n) is 17.4. The second kappa shape index (κ2) is 11.9. The van der Waals surface area contributed by atoms with Crippen LogP contribution in [-0.4, -0.2) is 4.98 Å². The fourth-order valence-electron chi connectivity index (χ4n) is 7.69. The smallest absolute Gasteiger partial charge is 0.124 e. The van der Waals surface area contributed by atoms with Gasteiger partial charge in [-0.3, -0.25) is 0 Å². The maximum Gasteiger partial charge on any atom is 0.124 e. The summed E-state index contributed by atoms with van der Waals surface area (Å²) in [5, 5.41) is 8.69. The molecule has 0 fully saturated rings. The molecule has 0 aliphatic heterocycles. The number of thiazole rings is 1. The Morgan fingerprint density at radius 1 is 0.423 bits per heavy atom. The van der Waals surface area contributed by atoms with E-state index in [9.17, 15) is 0 Å². The monoisotopic (exact) mass is 716 g/mol. The maximum absolute atomic E-state index is 5.21. The molecule has 0 aliphatic rings. The van der Waals surface area contributed by atoms with E-state index in [0.717, 1.165) is 27.5 Å². The van der Waals surface area contributed by atoms with E-state index >= 15 is 0 Å². The van der Waals surface area contributed by atoms with Gasteiger partial charge in [-0.25, -0.2) is 4.98 Å². The summed E-state index contributed by atoms with van der Waals surface area (Å²) in [7, 11) is 0. The first-order chi connectivity index (χ1) is 25.8. The molecule has 0 N–H and O–H groups in total. The van der Waals surface area contributed by atoms with Gasteiger partial charge in [0, 0.05) is 52.6 Å². The molecule has 0 unspecified atom stereocenters. The molecule has 0 bridgehead atoms. The van der Waals surface area contributed by atoms with Crippen LogP contribution in [0.25, 0.3) is 83.0 Å². The highest BCUT2D eigenvalue weighted by Gasteiger charge is 2.20. The second-order valence-corrected chi connectivity index (χ2v) is 16.3. The fourth-order valence-corrected chi connectivity index (χ4v) is 11.0. The van der Waals surface area contributed by atoms with E-state index in [1.165, 1.54) is 72.6 Å². The summed E-state index contributed by atoms with van der Waals surface area (Å²) >= 11 is 5.49. The summed E-state index contributed by atoms with van der Waals surface area (Å²) in [6.07, 6.45) is 0. The number of aromatic nitrogens is 1. The van der Waals surface area contributed by atoms with Gasteiger partial charge in [-0.2, -0.15) is 0 Å². The summed E-state index contributed by atoms with van der Waals surface area (Å²) < 4.78 is 6.34. The Labute approximate surface area is 312 Å². The molecular weight excluding hydrogens is 689 g/mol. The maximum atomic E-state index is 5.21. The van der Waals surface area contributed by atoms with Crippen LogP contribution in [0, 0.1) is 0 Å². The Morgan fingerprint density at radius 3 is 2.06 bits per heavy atom. The SMILES string of the molecule is c1ccc(-c2nc3c(ccc4sc5cc(N(c6ccc(-c7cccc8ccccc78)cc6)c6cccc7c6sc6ccccc67)ccc5c43)s2)cc1. The Hall–Kier alpha value is -5.85. The molecule has 3 heterocycles. The van der Waals surface area contributed by atoms with E-state index < -0.39 is 0 Å². The van der Waals surface area contributed by atoms with Gasteiger partial charge in [-0.15, -0.1) is 34.0 Å². The number of thiophene rings is 2. The summed E-state index contributed by atoms with van der Waals surface area (Å²) in [6.45, 7) is 0. The highest BCUT2D eigenvalue weighted by Crippen LogP contribution is 2.48. The first kappa shape index (κ1) is 29.8. The Balaban J connectivity index is 1.10. The van der Waals surface area contributed by atoms with E-state index in [4.69, 9.17) is 4.98 Å². The highest BCUT2D eigenvalue weighted by molar-refractivity contribution is 7.27. The summed E-state index contributed by atoms with van der Waals surface area (Å²) in [5.41, 5.74) is 8.17. The van der Waals surface area contributed by atoms with E-state index in [0.29, 0.717) is 0 Å². The third-order valence-electron chi connectivity index (χ3n) is 10.1. The highest BCUT2D eigenvalue weighted by atomic mass is 32.1. The molecule has 11 aromatic rings.